The van der Waals surface area contributed by atoms with Crippen molar-refractivity contribution in [3.63, 3.8) is 0 Å². The Balaban J connectivity index is 2.40. The second-order valence-electron chi connectivity index (χ2n) is 4.12. The smallest absolute Gasteiger partial charge is 0.225 e. The van der Waals surface area contributed by atoms with Crippen LogP contribution in [0.2, 0.25) is 5.02 Å². The van der Waals surface area contributed by atoms with E-state index in [0.29, 0.717) is 28.1 Å². The number of anilines is 2. The van der Waals surface area contributed by atoms with Crippen LogP contribution in [-0.2, 0) is 4.79 Å². The van der Waals surface area contributed by atoms with Crippen molar-refractivity contribution in [1.82, 2.24) is 0 Å². The van der Waals surface area contributed by atoms with E-state index in [1.54, 1.807) is 18.2 Å². The highest BCUT2D eigenvalue weighted by atomic mass is 35.5. The number of nitrogen functional groups attached to an aromatic ring is 1. The quantitative estimate of drug-likeness (QED) is 0.783. The minimum atomic E-state index is -0.0141. The van der Waals surface area contributed by atoms with Gasteiger partial charge in [0.15, 0.2) is 0 Å². The maximum Gasteiger partial charge on any atom is 0.225 e. The Labute approximate surface area is 117 Å². The van der Waals surface area contributed by atoms with Gasteiger partial charge < -0.3 is 11.1 Å². The second kappa shape index (κ2) is 7.54. The summed E-state index contributed by atoms with van der Waals surface area (Å²) in [5, 5.41) is 3.96. The van der Waals surface area contributed by atoms with Crippen molar-refractivity contribution in [2.45, 2.75) is 31.9 Å². The molecule has 0 heterocycles. The molecular formula is C13H19ClN2OS. The Morgan fingerprint density at radius 1 is 1.56 bits per heavy atom. The zero-order valence-corrected chi connectivity index (χ0v) is 12.3. The summed E-state index contributed by atoms with van der Waals surface area (Å²) in [4.78, 5) is 11.7. The van der Waals surface area contributed by atoms with Gasteiger partial charge in [-0.2, -0.15) is 11.8 Å². The third-order valence-electron chi connectivity index (χ3n) is 2.59. The van der Waals surface area contributed by atoms with Crippen molar-refractivity contribution in [3.8, 4) is 0 Å². The number of hydrogen-bond acceptors (Lipinski definition) is 3. The Morgan fingerprint density at radius 3 is 2.89 bits per heavy atom. The molecule has 1 aromatic carbocycles. The summed E-state index contributed by atoms with van der Waals surface area (Å²) in [5.74, 6) is 0.814. The number of hydrogen-bond donors (Lipinski definition) is 2. The van der Waals surface area contributed by atoms with Crippen molar-refractivity contribution < 1.29 is 4.79 Å². The normalized spacial score (nSPS) is 12.2. The van der Waals surface area contributed by atoms with E-state index in [4.69, 9.17) is 17.3 Å². The molecule has 18 heavy (non-hydrogen) atoms. The van der Waals surface area contributed by atoms with Crippen molar-refractivity contribution >= 4 is 40.6 Å². The van der Waals surface area contributed by atoms with Gasteiger partial charge in [-0.15, -0.1) is 0 Å². The average molecular weight is 287 g/mol. The highest BCUT2D eigenvalue weighted by molar-refractivity contribution is 7.99. The molecule has 1 unspecified atom stereocenters. The fourth-order valence-corrected chi connectivity index (χ4v) is 2.45. The molecule has 1 amide bonds. The maximum absolute atomic E-state index is 11.7. The predicted molar refractivity (Wildman–Crippen MR) is 81.3 cm³/mol. The molecule has 5 heteroatoms. The van der Waals surface area contributed by atoms with Crippen molar-refractivity contribution in [1.29, 1.82) is 0 Å². The first-order valence-electron chi connectivity index (χ1n) is 5.99. The minimum absolute atomic E-state index is 0.0141. The van der Waals surface area contributed by atoms with Gasteiger partial charge in [0.25, 0.3) is 0 Å². The van der Waals surface area contributed by atoms with Crippen LogP contribution in [-0.4, -0.2) is 16.9 Å². The number of carbonyl (C=O) groups is 1. The summed E-state index contributed by atoms with van der Waals surface area (Å²) in [7, 11) is 0. The fourth-order valence-electron chi connectivity index (χ4n) is 1.33. The first-order chi connectivity index (χ1) is 8.52. The van der Waals surface area contributed by atoms with E-state index in [-0.39, 0.29) is 5.91 Å². The van der Waals surface area contributed by atoms with E-state index >= 15 is 0 Å². The molecule has 1 atom stereocenters. The number of amides is 1. The van der Waals surface area contributed by atoms with E-state index in [9.17, 15) is 4.79 Å². The molecule has 1 rings (SSSR count). The first-order valence-corrected chi connectivity index (χ1v) is 7.42. The van der Waals surface area contributed by atoms with E-state index in [1.807, 2.05) is 11.8 Å². The van der Waals surface area contributed by atoms with Crippen LogP contribution >= 0.6 is 23.4 Å². The highest BCUT2D eigenvalue weighted by Crippen LogP contribution is 2.23. The zero-order chi connectivity index (χ0) is 13.5. The number of rotatable bonds is 6. The Kier molecular flexibility index (Phi) is 6.36. The van der Waals surface area contributed by atoms with Crippen LogP contribution < -0.4 is 11.1 Å². The van der Waals surface area contributed by atoms with Gasteiger partial charge in [0.1, 0.15) is 0 Å². The Bertz CT molecular complexity index is 412. The van der Waals surface area contributed by atoms with E-state index in [0.717, 1.165) is 12.2 Å². The Hall–Kier alpha value is -0.870. The topological polar surface area (TPSA) is 55.1 Å². The lowest BCUT2D eigenvalue weighted by Crippen LogP contribution is -2.14. The average Bonchev–Trinajstić information content (AvgIpc) is 2.32. The largest absolute Gasteiger partial charge is 0.397 e. The van der Waals surface area contributed by atoms with Gasteiger partial charge in [-0.3, -0.25) is 4.79 Å². The molecule has 0 radical (unpaired) electrons. The molecule has 100 valence electrons. The summed E-state index contributed by atoms with van der Waals surface area (Å²) < 4.78 is 0. The van der Waals surface area contributed by atoms with Crippen molar-refractivity contribution in [2.75, 3.05) is 16.8 Å². The van der Waals surface area contributed by atoms with Crippen LogP contribution in [0.4, 0.5) is 11.4 Å². The maximum atomic E-state index is 11.7. The molecule has 1 aromatic rings. The molecule has 3 N–H and O–H groups in total. The molecule has 0 aromatic heterocycles. The van der Waals surface area contributed by atoms with Crippen LogP contribution in [0.5, 0.6) is 0 Å². The summed E-state index contributed by atoms with van der Waals surface area (Å²) in [6.07, 6.45) is 1.62. The molecule has 3 nitrogen and oxygen atoms in total. The van der Waals surface area contributed by atoms with Crippen LogP contribution in [0.1, 0.15) is 26.7 Å². The summed E-state index contributed by atoms with van der Waals surface area (Å²) in [5.41, 5.74) is 6.88. The molecule has 0 aliphatic heterocycles. The summed E-state index contributed by atoms with van der Waals surface area (Å²) >= 11 is 7.60. The Morgan fingerprint density at radius 2 is 2.28 bits per heavy atom. The van der Waals surface area contributed by atoms with E-state index < -0.39 is 0 Å². The number of nitrogens with one attached hydrogen (secondary N) is 1. The highest BCUT2D eigenvalue weighted by Gasteiger charge is 2.07. The monoisotopic (exact) mass is 286 g/mol. The second-order valence-corrected chi connectivity index (χ2v) is 6.10. The molecule has 0 spiro atoms. The van der Waals surface area contributed by atoms with Gasteiger partial charge in [-0.25, -0.2) is 0 Å². The fraction of sp³-hybridized carbons (Fsp3) is 0.462. The number of halogens is 1. The summed E-state index contributed by atoms with van der Waals surface area (Å²) in [6, 6.07) is 5.06. The van der Waals surface area contributed by atoms with Gasteiger partial charge in [-0.1, -0.05) is 25.4 Å². The number of carbonyl (C=O) groups excluding carboxylic acids is 1. The first kappa shape index (κ1) is 15.2. The molecule has 0 aliphatic rings. The third kappa shape index (κ3) is 5.19. The van der Waals surface area contributed by atoms with Crippen LogP contribution in [0.25, 0.3) is 0 Å². The van der Waals surface area contributed by atoms with Crippen LogP contribution in [0.15, 0.2) is 18.2 Å². The van der Waals surface area contributed by atoms with E-state index in [1.165, 1.54) is 0 Å². The summed E-state index contributed by atoms with van der Waals surface area (Å²) in [6.45, 7) is 4.31. The van der Waals surface area contributed by atoms with Gasteiger partial charge in [-0.05, 0) is 24.6 Å². The number of nitrogens with two attached hydrogens (primary N) is 1. The molecule has 0 fully saturated rings. The number of benzene rings is 1. The van der Waals surface area contributed by atoms with Gasteiger partial charge >= 0.3 is 0 Å². The third-order valence-corrected chi connectivity index (χ3v) is 4.17. The molecular weight excluding hydrogens is 268 g/mol. The minimum Gasteiger partial charge on any atom is -0.397 e. The lowest BCUT2D eigenvalue weighted by Gasteiger charge is -2.10. The SMILES string of the molecule is CCC(C)SCCC(=O)Nc1ccc(Cl)cc1N. The lowest BCUT2D eigenvalue weighted by atomic mass is 10.2. The van der Waals surface area contributed by atoms with Crippen molar-refractivity contribution in [2.24, 2.45) is 0 Å². The molecule has 0 saturated heterocycles. The molecule has 0 aliphatic carbocycles. The van der Waals surface area contributed by atoms with Gasteiger partial charge in [0.05, 0.1) is 11.4 Å². The molecule has 0 saturated carbocycles. The standard InChI is InChI=1S/C13H19ClN2OS/c1-3-9(2)18-7-6-13(17)16-12-5-4-10(14)8-11(12)15/h4-5,8-9H,3,6-7,15H2,1-2H3,(H,16,17). The number of thioether (sulfide) groups is 1. The predicted octanol–water partition coefficient (Wildman–Crippen LogP) is 3.78. The zero-order valence-electron chi connectivity index (χ0n) is 10.7. The van der Waals surface area contributed by atoms with Gasteiger partial charge in [0.2, 0.25) is 5.91 Å². The molecule has 0 bridgehead atoms. The van der Waals surface area contributed by atoms with Crippen molar-refractivity contribution in [3.05, 3.63) is 23.2 Å². The van der Waals surface area contributed by atoms with Crippen LogP contribution in [0, 0.1) is 0 Å². The van der Waals surface area contributed by atoms with Crippen LogP contribution in [0.3, 0.4) is 0 Å². The van der Waals surface area contributed by atoms with Gasteiger partial charge in [0, 0.05) is 22.4 Å². The van der Waals surface area contributed by atoms with E-state index in [2.05, 4.69) is 19.2 Å². The lowest BCUT2D eigenvalue weighted by molar-refractivity contribution is -0.115.